The number of benzene rings is 1. The summed E-state index contributed by atoms with van der Waals surface area (Å²) in [5.74, 6) is 1.96. The number of nitrogens with one attached hydrogen (secondary N) is 2. The number of aromatic nitrogens is 1. The van der Waals surface area contributed by atoms with Gasteiger partial charge in [-0.05, 0) is 62.8 Å². The number of nitrogens with zero attached hydrogens (tertiary/aromatic N) is 3. The molecule has 0 radical (unpaired) electrons. The Morgan fingerprint density at radius 1 is 1.14 bits per heavy atom. The van der Waals surface area contributed by atoms with Gasteiger partial charge in [0.15, 0.2) is 5.96 Å². The van der Waals surface area contributed by atoms with Crippen LogP contribution in [0.4, 0.5) is 5.82 Å². The van der Waals surface area contributed by atoms with E-state index >= 15 is 0 Å². The molecule has 1 aromatic carbocycles. The normalized spacial score (nSPS) is 15.0. The average Bonchev–Trinajstić information content (AvgIpc) is 3.27. The molecular weight excluding hydrogens is 473 g/mol. The summed E-state index contributed by atoms with van der Waals surface area (Å²) in [5, 5.41) is 6.91. The van der Waals surface area contributed by atoms with Crippen LogP contribution in [0.25, 0.3) is 0 Å². The van der Waals surface area contributed by atoms with Gasteiger partial charge in [0, 0.05) is 31.9 Å². The quantitative estimate of drug-likeness (QED) is 0.317. The highest BCUT2D eigenvalue weighted by Crippen LogP contribution is 2.18. The lowest BCUT2D eigenvalue weighted by molar-refractivity contribution is 0.593. The molecule has 1 fully saturated rings. The zero-order chi connectivity index (χ0) is 19.6. The van der Waals surface area contributed by atoms with Crippen LogP contribution in [0.3, 0.4) is 0 Å². The topological polar surface area (TPSA) is 52.6 Å². The molecule has 2 aromatic rings. The molecule has 2 heterocycles. The zero-order valence-corrected chi connectivity index (χ0v) is 19.9. The van der Waals surface area contributed by atoms with Crippen LogP contribution in [0.15, 0.2) is 53.7 Å². The van der Waals surface area contributed by atoms with Crippen molar-refractivity contribution in [2.75, 3.05) is 24.5 Å². The lowest BCUT2D eigenvalue weighted by atomic mass is 10.1. The molecule has 1 unspecified atom stereocenters. The van der Waals surface area contributed by atoms with Gasteiger partial charge < -0.3 is 15.5 Å². The molecule has 1 aliphatic heterocycles. The van der Waals surface area contributed by atoms with E-state index in [-0.39, 0.29) is 24.0 Å². The third kappa shape index (κ3) is 7.84. The molecule has 6 heteroatoms. The summed E-state index contributed by atoms with van der Waals surface area (Å²) in [4.78, 5) is 11.7. The van der Waals surface area contributed by atoms with Gasteiger partial charge >= 0.3 is 0 Å². The van der Waals surface area contributed by atoms with E-state index in [0.717, 1.165) is 44.3 Å². The number of pyridine rings is 1. The summed E-state index contributed by atoms with van der Waals surface area (Å²) in [6, 6.07) is 15.2. The number of guanidine groups is 1. The summed E-state index contributed by atoms with van der Waals surface area (Å²) in [6.45, 7) is 8.06. The van der Waals surface area contributed by atoms with Crippen molar-refractivity contribution in [3.63, 3.8) is 0 Å². The molecular formula is C23H34IN5. The maximum atomic E-state index is 4.79. The van der Waals surface area contributed by atoms with Gasteiger partial charge in [0.25, 0.3) is 0 Å². The first-order valence-corrected chi connectivity index (χ1v) is 10.5. The first kappa shape index (κ1) is 23.4. The van der Waals surface area contributed by atoms with Crippen molar-refractivity contribution < 1.29 is 0 Å². The predicted molar refractivity (Wildman–Crippen MR) is 133 cm³/mol. The molecule has 0 spiro atoms. The van der Waals surface area contributed by atoms with Crippen LogP contribution in [0.2, 0.25) is 0 Å². The molecule has 1 atom stereocenters. The first-order chi connectivity index (χ1) is 13.7. The summed E-state index contributed by atoms with van der Waals surface area (Å²) in [7, 11) is 0. The minimum absolute atomic E-state index is 0. The van der Waals surface area contributed by atoms with Crippen LogP contribution in [-0.4, -0.2) is 36.6 Å². The number of aliphatic imine (C=N–C) groups is 1. The predicted octanol–water partition coefficient (Wildman–Crippen LogP) is 4.38. The fourth-order valence-electron chi connectivity index (χ4n) is 3.50. The zero-order valence-electron chi connectivity index (χ0n) is 17.6. The monoisotopic (exact) mass is 507 g/mol. The Kier molecular flexibility index (Phi) is 10.2. The summed E-state index contributed by atoms with van der Waals surface area (Å²) in [6.07, 6.45) is 6.57. The van der Waals surface area contributed by atoms with Gasteiger partial charge in [0.1, 0.15) is 5.82 Å². The van der Waals surface area contributed by atoms with Crippen molar-refractivity contribution in [1.29, 1.82) is 0 Å². The van der Waals surface area contributed by atoms with E-state index in [9.17, 15) is 0 Å². The second-order valence-electron chi connectivity index (χ2n) is 7.48. The lowest BCUT2D eigenvalue weighted by Crippen LogP contribution is -2.42. The lowest BCUT2D eigenvalue weighted by Gasteiger charge is -2.18. The molecule has 0 bridgehead atoms. The van der Waals surface area contributed by atoms with Gasteiger partial charge in [-0.25, -0.2) is 9.98 Å². The van der Waals surface area contributed by atoms with Crippen molar-refractivity contribution >= 4 is 35.8 Å². The molecule has 2 N–H and O–H groups in total. The Hall–Kier alpha value is -1.83. The molecule has 5 nitrogen and oxygen atoms in total. The van der Waals surface area contributed by atoms with E-state index in [1.54, 1.807) is 0 Å². The molecule has 1 aliphatic rings. The number of aryl methyl sites for hydroxylation is 1. The Morgan fingerprint density at radius 2 is 1.90 bits per heavy atom. The Labute approximate surface area is 192 Å². The van der Waals surface area contributed by atoms with Crippen LogP contribution in [0.1, 0.15) is 44.2 Å². The maximum Gasteiger partial charge on any atom is 0.191 e. The number of rotatable bonds is 8. The van der Waals surface area contributed by atoms with Crippen LogP contribution in [0, 0.1) is 0 Å². The highest BCUT2D eigenvalue weighted by atomic mass is 127. The van der Waals surface area contributed by atoms with Gasteiger partial charge in [0.05, 0.1) is 6.54 Å². The van der Waals surface area contributed by atoms with Crippen LogP contribution >= 0.6 is 24.0 Å². The Balaban J connectivity index is 0.00000300. The number of hydrogen-bond acceptors (Lipinski definition) is 3. The summed E-state index contributed by atoms with van der Waals surface area (Å²) >= 11 is 0. The molecule has 3 rings (SSSR count). The van der Waals surface area contributed by atoms with Crippen molar-refractivity contribution in [2.45, 2.75) is 52.1 Å². The van der Waals surface area contributed by atoms with Gasteiger partial charge in [-0.1, -0.05) is 30.3 Å². The average molecular weight is 507 g/mol. The molecule has 0 amide bonds. The Morgan fingerprint density at radius 3 is 2.62 bits per heavy atom. The van der Waals surface area contributed by atoms with E-state index in [4.69, 9.17) is 4.99 Å². The number of anilines is 1. The van der Waals surface area contributed by atoms with Crippen molar-refractivity contribution in [3.8, 4) is 0 Å². The first-order valence-electron chi connectivity index (χ1n) is 10.5. The minimum atomic E-state index is 0. The number of halogens is 1. The fourth-order valence-corrected chi connectivity index (χ4v) is 3.50. The standard InChI is InChI=1S/C23H33N5.HI/c1-3-24-23(27-19(2)11-12-20-9-5-4-6-10-20)26-18-21-13-14-25-22(17-21)28-15-7-8-16-28;/h4-6,9-10,13-14,17,19H,3,7-8,11-12,15-16,18H2,1-2H3,(H2,24,26,27);1H. The smallest absolute Gasteiger partial charge is 0.191 e. The molecule has 158 valence electrons. The highest BCUT2D eigenvalue weighted by molar-refractivity contribution is 14.0. The third-order valence-corrected chi connectivity index (χ3v) is 5.10. The van der Waals surface area contributed by atoms with Crippen LogP contribution in [0.5, 0.6) is 0 Å². The molecule has 1 aromatic heterocycles. The SMILES string of the molecule is CCNC(=NCc1ccnc(N2CCCC2)c1)NC(C)CCc1ccccc1.I. The van der Waals surface area contributed by atoms with E-state index in [0.29, 0.717) is 12.6 Å². The van der Waals surface area contributed by atoms with Crippen molar-refractivity contribution in [3.05, 3.63) is 59.8 Å². The van der Waals surface area contributed by atoms with Crippen LogP contribution < -0.4 is 15.5 Å². The largest absolute Gasteiger partial charge is 0.357 e. The van der Waals surface area contributed by atoms with Crippen molar-refractivity contribution in [1.82, 2.24) is 15.6 Å². The van der Waals surface area contributed by atoms with E-state index in [2.05, 4.69) is 76.8 Å². The Bertz CT molecular complexity index is 744. The van der Waals surface area contributed by atoms with E-state index in [1.807, 2.05) is 6.20 Å². The van der Waals surface area contributed by atoms with E-state index in [1.165, 1.54) is 24.0 Å². The number of hydrogen-bond donors (Lipinski definition) is 2. The van der Waals surface area contributed by atoms with E-state index < -0.39 is 0 Å². The van der Waals surface area contributed by atoms with Crippen molar-refractivity contribution in [2.24, 2.45) is 4.99 Å². The second kappa shape index (κ2) is 12.7. The molecule has 0 aliphatic carbocycles. The van der Waals surface area contributed by atoms with Gasteiger partial charge in [-0.2, -0.15) is 0 Å². The molecule has 29 heavy (non-hydrogen) atoms. The van der Waals surface area contributed by atoms with Gasteiger partial charge in [-0.15, -0.1) is 24.0 Å². The van der Waals surface area contributed by atoms with Crippen LogP contribution in [-0.2, 0) is 13.0 Å². The summed E-state index contributed by atoms with van der Waals surface area (Å²) in [5.41, 5.74) is 2.58. The maximum absolute atomic E-state index is 4.79. The molecule has 1 saturated heterocycles. The highest BCUT2D eigenvalue weighted by Gasteiger charge is 2.13. The van der Waals surface area contributed by atoms with Gasteiger partial charge in [0.2, 0.25) is 0 Å². The minimum Gasteiger partial charge on any atom is -0.357 e. The van der Waals surface area contributed by atoms with Gasteiger partial charge in [-0.3, -0.25) is 0 Å². The second-order valence-corrected chi connectivity index (χ2v) is 7.48. The fraction of sp³-hybridized carbons (Fsp3) is 0.478. The molecule has 0 saturated carbocycles. The summed E-state index contributed by atoms with van der Waals surface area (Å²) < 4.78 is 0. The third-order valence-electron chi connectivity index (χ3n) is 5.10.